The van der Waals surface area contributed by atoms with E-state index in [1.54, 1.807) is 18.6 Å². The number of amides is 1. The van der Waals surface area contributed by atoms with Gasteiger partial charge in [-0.15, -0.1) is 0 Å². The molecule has 1 spiro atoms. The number of pyridine rings is 1. The molecule has 0 radical (unpaired) electrons. The predicted molar refractivity (Wildman–Crippen MR) is 98.6 cm³/mol. The van der Waals surface area contributed by atoms with E-state index in [1.165, 1.54) is 0 Å². The predicted octanol–water partition coefficient (Wildman–Crippen LogP) is 2.02. The second kappa shape index (κ2) is 7.21. The lowest BCUT2D eigenvalue weighted by molar-refractivity contribution is 0.0483. The van der Waals surface area contributed by atoms with Gasteiger partial charge in [-0.2, -0.15) is 0 Å². The van der Waals surface area contributed by atoms with Gasteiger partial charge < -0.3 is 19.5 Å². The number of likely N-dealkylation sites (tertiary alicyclic amines) is 2. The molecule has 2 aromatic heterocycles. The Labute approximate surface area is 154 Å². The Hall–Kier alpha value is -2.18. The molecule has 4 heterocycles. The third kappa shape index (κ3) is 3.39. The van der Waals surface area contributed by atoms with Crippen molar-refractivity contribution >= 4 is 5.91 Å². The number of carbonyl (C=O) groups excluding carboxylic acids is 1. The molecule has 2 saturated heterocycles. The van der Waals surface area contributed by atoms with E-state index < -0.39 is 0 Å². The first-order chi connectivity index (χ1) is 12.7. The molecule has 138 valence electrons. The van der Waals surface area contributed by atoms with Crippen molar-refractivity contribution in [1.29, 1.82) is 0 Å². The number of ether oxygens (including phenoxy) is 1. The van der Waals surface area contributed by atoms with Crippen LogP contribution in [-0.2, 0) is 11.3 Å². The highest BCUT2D eigenvalue weighted by atomic mass is 16.5. The van der Waals surface area contributed by atoms with Crippen molar-refractivity contribution in [2.45, 2.75) is 13.0 Å². The van der Waals surface area contributed by atoms with Gasteiger partial charge in [-0.3, -0.25) is 9.78 Å². The molecule has 0 bridgehead atoms. The van der Waals surface area contributed by atoms with Crippen LogP contribution in [0.4, 0.5) is 0 Å². The van der Waals surface area contributed by atoms with Crippen LogP contribution >= 0.6 is 0 Å². The van der Waals surface area contributed by atoms with E-state index in [1.807, 2.05) is 29.2 Å². The summed E-state index contributed by atoms with van der Waals surface area (Å²) in [5.74, 6) is 0.575. The number of carbonyl (C=O) groups is 1. The van der Waals surface area contributed by atoms with E-state index in [9.17, 15) is 4.79 Å². The average molecular weight is 354 g/mol. The Morgan fingerprint density at radius 2 is 2.31 bits per heavy atom. The van der Waals surface area contributed by atoms with Gasteiger partial charge in [-0.1, -0.05) is 6.07 Å². The first kappa shape index (κ1) is 17.2. The van der Waals surface area contributed by atoms with E-state index in [0.717, 1.165) is 43.9 Å². The fraction of sp³-hybridized carbons (Fsp3) is 0.500. The molecule has 4 rings (SSSR count). The van der Waals surface area contributed by atoms with E-state index in [0.29, 0.717) is 19.1 Å². The molecule has 2 fully saturated rings. The number of hydrogen-bond donors (Lipinski definition) is 1. The molecule has 2 aliphatic heterocycles. The maximum Gasteiger partial charge on any atom is 0.255 e. The number of aromatic amines is 1. The highest BCUT2D eigenvalue weighted by molar-refractivity contribution is 5.94. The molecule has 0 aliphatic carbocycles. The van der Waals surface area contributed by atoms with Crippen LogP contribution in [0, 0.1) is 11.3 Å². The van der Waals surface area contributed by atoms with Crippen LogP contribution in [0.3, 0.4) is 0 Å². The number of hydrogen-bond acceptors (Lipinski definition) is 4. The van der Waals surface area contributed by atoms with Crippen LogP contribution in [0.2, 0.25) is 0 Å². The number of aromatic nitrogens is 2. The van der Waals surface area contributed by atoms with Gasteiger partial charge in [0.2, 0.25) is 0 Å². The van der Waals surface area contributed by atoms with Crippen molar-refractivity contribution in [1.82, 2.24) is 19.8 Å². The lowest BCUT2D eigenvalue weighted by Gasteiger charge is -2.30. The quantitative estimate of drug-likeness (QED) is 0.892. The van der Waals surface area contributed by atoms with E-state index in [4.69, 9.17) is 4.74 Å². The van der Waals surface area contributed by atoms with Gasteiger partial charge in [0, 0.05) is 56.1 Å². The Morgan fingerprint density at radius 3 is 3.08 bits per heavy atom. The minimum absolute atomic E-state index is 0.130. The number of nitrogens with zero attached hydrogens (tertiary/aromatic N) is 3. The van der Waals surface area contributed by atoms with Crippen molar-refractivity contribution in [3.63, 3.8) is 0 Å². The summed E-state index contributed by atoms with van der Waals surface area (Å²) in [5, 5.41) is 0. The van der Waals surface area contributed by atoms with E-state index >= 15 is 0 Å². The second-order valence-electron chi connectivity index (χ2n) is 7.67. The van der Waals surface area contributed by atoms with Gasteiger partial charge in [-0.05, 0) is 31.7 Å². The lowest BCUT2D eigenvalue weighted by Crippen LogP contribution is -2.38. The first-order valence-corrected chi connectivity index (χ1v) is 9.25. The van der Waals surface area contributed by atoms with Crippen molar-refractivity contribution in [3.05, 3.63) is 54.1 Å². The molecule has 26 heavy (non-hydrogen) atoms. The molecule has 0 aromatic carbocycles. The maximum atomic E-state index is 12.7. The van der Waals surface area contributed by atoms with Crippen LogP contribution in [0.25, 0.3) is 0 Å². The summed E-state index contributed by atoms with van der Waals surface area (Å²) in [6, 6.07) is 7.74. The topological polar surface area (TPSA) is 61.5 Å². The van der Waals surface area contributed by atoms with Gasteiger partial charge in [-0.25, -0.2) is 0 Å². The summed E-state index contributed by atoms with van der Waals surface area (Å²) in [5.41, 5.74) is 1.85. The van der Waals surface area contributed by atoms with Crippen molar-refractivity contribution in [2.75, 3.05) is 39.8 Å². The molecule has 1 N–H and O–H groups in total. The molecular weight excluding hydrogens is 328 g/mol. The number of nitrogens with one attached hydrogen (secondary N) is 1. The number of H-pyrrole nitrogens is 1. The molecule has 6 heteroatoms. The Bertz CT molecular complexity index is 734. The molecule has 6 nitrogen and oxygen atoms in total. The lowest BCUT2D eigenvalue weighted by atomic mass is 9.77. The largest absolute Gasteiger partial charge is 0.375 e. The van der Waals surface area contributed by atoms with Gasteiger partial charge in [0.1, 0.15) is 0 Å². The SMILES string of the molecule is CN1C[C@H](COCc2ccccn2)[C@]2(CCN(C(=O)c3cc[nH]c3)C2)C1. The van der Waals surface area contributed by atoms with E-state index in [2.05, 4.69) is 21.9 Å². The molecular formula is C20H26N4O2. The molecule has 2 atom stereocenters. The highest BCUT2D eigenvalue weighted by Gasteiger charge is 2.50. The van der Waals surface area contributed by atoms with E-state index in [-0.39, 0.29) is 11.3 Å². The fourth-order valence-corrected chi connectivity index (χ4v) is 4.49. The monoisotopic (exact) mass is 354 g/mol. The highest BCUT2D eigenvalue weighted by Crippen LogP contribution is 2.43. The molecule has 1 amide bonds. The number of rotatable bonds is 5. The zero-order chi connectivity index (χ0) is 18.0. The standard InChI is InChI=1S/C20H26N4O2/c1-23-11-17(12-26-13-18-4-2-3-7-22-18)20(14-23)6-9-24(15-20)19(25)16-5-8-21-10-16/h2-5,7-8,10,17,21H,6,9,11-15H2,1H3/t17-,20-/m1/s1. The zero-order valence-corrected chi connectivity index (χ0v) is 15.2. The fourth-order valence-electron chi connectivity index (χ4n) is 4.49. The molecule has 0 saturated carbocycles. The van der Waals surface area contributed by atoms with Gasteiger partial charge >= 0.3 is 0 Å². The van der Waals surface area contributed by atoms with Crippen molar-refractivity contribution in [3.8, 4) is 0 Å². The minimum atomic E-state index is 0.130. The summed E-state index contributed by atoms with van der Waals surface area (Å²) in [7, 11) is 2.16. The molecule has 2 aromatic rings. The smallest absolute Gasteiger partial charge is 0.255 e. The third-order valence-electron chi connectivity index (χ3n) is 5.80. The van der Waals surface area contributed by atoms with Gasteiger partial charge in [0.15, 0.2) is 0 Å². The summed E-state index contributed by atoms with van der Waals surface area (Å²) in [6.45, 7) is 4.96. The zero-order valence-electron chi connectivity index (χ0n) is 15.2. The molecule has 2 aliphatic rings. The summed E-state index contributed by atoms with van der Waals surface area (Å²) in [6.07, 6.45) is 6.42. The normalized spacial score (nSPS) is 26.0. The average Bonchev–Trinajstić information content (AvgIpc) is 3.37. The second-order valence-corrected chi connectivity index (χ2v) is 7.67. The maximum absolute atomic E-state index is 12.7. The minimum Gasteiger partial charge on any atom is -0.375 e. The van der Waals surface area contributed by atoms with Crippen LogP contribution in [0.15, 0.2) is 42.9 Å². The van der Waals surface area contributed by atoms with Gasteiger partial charge in [0.05, 0.1) is 24.5 Å². The summed E-state index contributed by atoms with van der Waals surface area (Å²) < 4.78 is 6.01. The van der Waals surface area contributed by atoms with Gasteiger partial charge in [0.25, 0.3) is 5.91 Å². The summed E-state index contributed by atoms with van der Waals surface area (Å²) in [4.78, 5) is 24.4. The Kier molecular flexibility index (Phi) is 4.78. The van der Waals surface area contributed by atoms with Crippen LogP contribution in [0.1, 0.15) is 22.5 Å². The van der Waals surface area contributed by atoms with Crippen molar-refractivity contribution in [2.24, 2.45) is 11.3 Å². The summed E-state index contributed by atoms with van der Waals surface area (Å²) >= 11 is 0. The van der Waals surface area contributed by atoms with Crippen molar-refractivity contribution < 1.29 is 9.53 Å². The van der Waals surface area contributed by atoms with Crippen LogP contribution < -0.4 is 0 Å². The molecule has 0 unspecified atom stereocenters. The Balaban J connectivity index is 1.39. The van der Waals surface area contributed by atoms with Crippen LogP contribution in [-0.4, -0.2) is 65.5 Å². The third-order valence-corrected chi connectivity index (χ3v) is 5.80. The Morgan fingerprint density at radius 1 is 1.38 bits per heavy atom. The first-order valence-electron chi connectivity index (χ1n) is 9.25. The van der Waals surface area contributed by atoms with Crippen LogP contribution in [0.5, 0.6) is 0 Å².